The van der Waals surface area contributed by atoms with Gasteiger partial charge in [0.15, 0.2) is 10.1 Å². The Morgan fingerprint density at radius 1 is 0.553 bits per heavy atom. The second kappa shape index (κ2) is 15.6. The van der Waals surface area contributed by atoms with Gasteiger partial charge in [0, 0.05) is 19.5 Å². The van der Waals surface area contributed by atoms with Crippen LogP contribution in [0.1, 0.15) is 6.42 Å². The maximum Gasteiger partial charge on any atom is 0.485 e. The van der Waals surface area contributed by atoms with E-state index in [1.165, 1.54) is 40.0 Å². The van der Waals surface area contributed by atoms with Crippen LogP contribution < -0.4 is 21.2 Å². The molecule has 10 heteroatoms. The molecule has 203 valence electrons. The van der Waals surface area contributed by atoms with Gasteiger partial charge in [-0.15, -0.1) is 0 Å². The van der Waals surface area contributed by atoms with Crippen molar-refractivity contribution in [2.24, 2.45) is 0 Å². The van der Waals surface area contributed by atoms with E-state index in [0.29, 0.717) is 0 Å². The monoisotopic (exact) mass is 664 g/mol. The first kappa shape index (κ1) is 32.3. The van der Waals surface area contributed by atoms with Crippen LogP contribution in [0.3, 0.4) is 0 Å². The van der Waals surface area contributed by atoms with Gasteiger partial charge < -0.3 is 4.55 Å². The Morgan fingerprint density at radius 3 is 0.947 bits per heavy atom. The van der Waals surface area contributed by atoms with Crippen LogP contribution in [0.4, 0.5) is 13.2 Å². The zero-order valence-electron chi connectivity index (χ0n) is 20.2. The topological polar surface area (TPSA) is 57.2 Å². The van der Waals surface area contributed by atoms with Crippen molar-refractivity contribution in [1.82, 2.24) is 0 Å². The summed E-state index contributed by atoms with van der Waals surface area (Å²) >= 11 is 0. The van der Waals surface area contributed by atoms with E-state index in [1.807, 2.05) is 0 Å². The Bertz CT molecular complexity index is 1150. The first-order valence-electron chi connectivity index (χ1n) is 11.4. The molecule has 0 amide bonds. The van der Waals surface area contributed by atoms with Gasteiger partial charge in [0.25, 0.3) is 0 Å². The van der Waals surface area contributed by atoms with Gasteiger partial charge in [0.1, 0.15) is 0 Å². The van der Waals surface area contributed by atoms with Crippen LogP contribution in [0.15, 0.2) is 121 Å². The number of halogens is 3. The molecule has 0 N–H and O–H groups in total. The number of benzene rings is 4. The smallest absolute Gasteiger partial charge is 0.485 e. The molecule has 0 bridgehead atoms. The van der Waals surface area contributed by atoms with Gasteiger partial charge in [-0.05, 0) is 55.8 Å². The molecule has 0 atom stereocenters. The molecule has 4 aromatic carbocycles. The van der Waals surface area contributed by atoms with E-state index >= 15 is 0 Å². The molecule has 0 aliphatic carbocycles. The van der Waals surface area contributed by atoms with E-state index in [-0.39, 0.29) is 35.3 Å². The minimum Gasteiger partial charge on any atom is -0.741 e. The predicted molar refractivity (Wildman–Crippen MR) is 148 cm³/mol. The molecule has 4 rings (SSSR count). The Hall–Kier alpha value is -1.94. The Balaban J connectivity index is 0.000000493. The average Bonchev–Trinajstić information content (AvgIpc) is 2.90. The molecule has 0 spiro atoms. The van der Waals surface area contributed by atoms with Crippen molar-refractivity contribution in [1.29, 1.82) is 0 Å². The minimum atomic E-state index is -6.09. The van der Waals surface area contributed by atoms with Crippen molar-refractivity contribution in [2.45, 2.75) is 11.9 Å². The summed E-state index contributed by atoms with van der Waals surface area (Å²) in [6, 6.07) is 44.3. The molecular formula is C28H26F3O3P2RhS-. The Labute approximate surface area is 237 Å². The summed E-state index contributed by atoms with van der Waals surface area (Å²) in [5.74, 6) is 0. The van der Waals surface area contributed by atoms with Crippen LogP contribution in [-0.2, 0) is 29.6 Å². The largest absolute Gasteiger partial charge is 0.741 e. The van der Waals surface area contributed by atoms with Gasteiger partial charge in [0.05, 0.1) is 0 Å². The molecule has 38 heavy (non-hydrogen) atoms. The third kappa shape index (κ3) is 9.99. The zero-order valence-corrected chi connectivity index (χ0v) is 24.4. The van der Waals surface area contributed by atoms with Crippen molar-refractivity contribution < 1.29 is 45.6 Å². The number of hydrogen-bond acceptors (Lipinski definition) is 3. The maximum absolute atomic E-state index is 10.7. The molecule has 0 saturated heterocycles. The molecule has 0 aromatic heterocycles. The van der Waals surface area contributed by atoms with Crippen LogP contribution in [0.5, 0.6) is 0 Å². The van der Waals surface area contributed by atoms with E-state index in [4.69, 9.17) is 13.0 Å². The molecule has 0 aliphatic rings. The SMILES string of the molecule is O=S(=O)([O-])C(F)(F)F.[Rh].c1ccc(P(CCCP(c2ccccc2)c2ccccc2)c2ccccc2)cc1. The molecule has 0 unspecified atom stereocenters. The van der Waals surface area contributed by atoms with Crippen LogP contribution in [0.2, 0.25) is 0 Å². The maximum atomic E-state index is 10.7. The van der Waals surface area contributed by atoms with Crippen molar-refractivity contribution in [3.05, 3.63) is 121 Å². The van der Waals surface area contributed by atoms with Crippen LogP contribution in [0.25, 0.3) is 0 Å². The van der Waals surface area contributed by atoms with Crippen molar-refractivity contribution in [2.75, 3.05) is 12.3 Å². The third-order valence-corrected chi connectivity index (χ3v) is 11.1. The van der Waals surface area contributed by atoms with Crippen molar-refractivity contribution >= 4 is 47.2 Å². The summed E-state index contributed by atoms with van der Waals surface area (Å²) in [4.78, 5) is 0. The number of hydrogen-bond donors (Lipinski definition) is 0. The van der Waals surface area contributed by atoms with E-state index in [1.54, 1.807) is 0 Å². The summed E-state index contributed by atoms with van der Waals surface area (Å²) in [5.41, 5.74) is -5.65. The molecule has 0 heterocycles. The van der Waals surface area contributed by atoms with Crippen LogP contribution >= 0.6 is 15.8 Å². The summed E-state index contributed by atoms with van der Waals surface area (Å²) in [5, 5.41) is 5.94. The van der Waals surface area contributed by atoms with E-state index in [2.05, 4.69) is 121 Å². The normalized spacial score (nSPS) is 11.4. The Kier molecular flexibility index (Phi) is 13.3. The summed E-state index contributed by atoms with van der Waals surface area (Å²) in [7, 11) is -6.71. The molecule has 0 aliphatic heterocycles. The van der Waals surface area contributed by atoms with Gasteiger partial charge in [-0.1, -0.05) is 121 Å². The van der Waals surface area contributed by atoms with Gasteiger partial charge in [-0.3, -0.25) is 0 Å². The van der Waals surface area contributed by atoms with Crippen molar-refractivity contribution in [3.63, 3.8) is 0 Å². The summed E-state index contributed by atoms with van der Waals surface area (Å²) < 4.78 is 58.9. The summed E-state index contributed by atoms with van der Waals surface area (Å²) in [6.07, 6.45) is 3.72. The fraction of sp³-hybridized carbons (Fsp3) is 0.143. The predicted octanol–water partition coefficient (Wildman–Crippen LogP) is 5.69. The first-order chi connectivity index (χ1) is 17.7. The van der Waals surface area contributed by atoms with Gasteiger partial charge in [-0.25, -0.2) is 8.42 Å². The quantitative estimate of drug-likeness (QED) is 0.105. The molecule has 1 radical (unpaired) electrons. The Morgan fingerprint density at radius 2 is 0.763 bits per heavy atom. The molecule has 4 aromatic rings. The number of alkyl halides is 3. The van der Waals surface area contributed by atoms with E-state index in [9.17, 15) is 13.2 Å². The average molecular weight is 664 g/mol. The molecule has 0 fully saturated rings. The molecular weight excluding hydrogens is 638 g/mol. The molecule has 3 nitrogen and oxygen atoms in total. The summed E-state index contributed by atoms with van der Waals surface area (Å²) in [6.45, 7) is 0. The van der Waals surface area contributed by atoms with Crippen LogP contribution in [-0.4, -0.2) is 30.8 Å². The first-order valence-corrected chi connectivity index (χ1v) is 15.9. The van der Waals surface area contributed by atoms with Gasteiger partial charge in [-0.2, -0.15) is 13.2 Å². The van der Waals surface area contributed by atoms with E-state index in [0.717, 1.165) is 0 Å². The van der Waals surface area contributed by atoms with E-state index < -0.39 is 15.6 Å². The fourth-order valence-electron chi connectivity index (χ4n) is 3.63. The zero-order chi connectivity index (χ0) is 26.7. The third-order valence-electron chi connectivity index (χ3n) is 5.32. The van der Waals surface area contributed by atoms with Crippen molar-refractivity contribution in [3.8, 4) is 0 Å². The van der Waals surface area contributed by atoms with Gasteiger partial charge >= 0.3 is 5.51 Å². The standard InChI is InChI=1S/C27H26P2.CHF3O3S.Rh/c1-5-14-24(15-6-1)28(25-16-7-2-8-17-25)22-13-23-29(26-18-9-3-10-19-26)27-20-11-4-12-21-27;2-1(3,4)8(5,6)7;/h1-12,14-21H,13,22-23H2;(H,5,6,7);/p-1. The number of rotatable bonds is 8. The molecule has 0 saturated carbocycles. The van der Waals surface area contributed by atoms with Crippen LogP contribution in [0, 0.1) is 0 Å². The second-order valence-corrected chi connectivity index (χ2v) is 13.9. The second-order valence-electron chi connectivity index (χ2n) is 7.90. The fourth-order valence-corrected chi connectivity index (χ4v) is 8.59. The van der Waals surface area contributed by atoms with Gasteiger partial charge in [0.2, 0.25) is 0 Å². The minimum absolute atomic E-state index is 0.